The van der Waals surface area contributed by atoms with Gasteiger partial charge in [0.2, 0.25) is 0 Å². The zero-order chi connectivity index (χ0) is 20.7. The minimum Gasteiger partial charge on any atom is -0.550 e. The van der Waals surface area contributed by atoms with Gasteiger partial charge in [0.25, 0.3) is 5.91 Å². The molecule has 1 aliphatic rings. The van der Waals surface area contributed by atoms with Crippen LogP contribution >= 0.6 is 0 Å². The molecule has 154 valence electrons. The fourth-order valence-corrected chi connectivity index (χ4v) is 3.36. The molecule has 0 spiro atoms. The van der Waals surface area contributed by atoms with Gasteiger partial charge in [0.1, 0.15) is 0 Å². The second-order valence-electron chi connectivity index (χ2n) is 7.34. The number of carboxylic acid groups (broad SMARTS) is 1. The topological polar surface area (TPSA) is 121 Å². The molecule has 1 aromatic carbocycles. The molecule has 0 unspecified atom stereocenters. The molecule has 1 fully saturated rings. The van der Waals surface area contributed by atoms with Gasteiger partial charge in [-0.15, -0.1) is 0 Å². The molecule has 2 rings (SSSR count). The van der Waals surface area contributed by atoms with Crippen molar-refractivity contribution in [2.45, 2.75) is 51.3 Å². The highest BCUT2D eigenvalue weighted by atomic mass is 16.5. The molecule has 3 atom stereocenters. The SMILES string of the molecule is COC(=O)c1ccccc1NC(=O)[C@H](CC(=O)[O-])[NH2+][C@H]1CCO[C@@H](C(C)C)C1. The number of anilines is 1. The highest BCUT2D eigenvalue weighted by Crippen LogP contribution is 2.19. The first-order chi connectivity index (χ1) is 13.3. The summed E-state index contributed by atoms with van der Waals surface area (Å²) < 4.78 is 10.5. The molecule has 1 saturated heterocycles. The third-order valence-electron chi connectivity index (χ3n) is 4.92. The summed E-state index contributed by atoms with van der Waals surface area (Å²) in [6.07, 6.45) is 1.14. The minimum atomic E-state index is -1.30. The van der Waals surface area contributed by atoms with Crippen LogP contribution in [0.25, 0.3) is 0 Å². The molecule has 8 heteroatoms. The van der Waals surface area contributed by atoms with Crippen molar-refractivity contribution in [3.8, 4) is 0 Å². The van der Waals surface area contributed by atoms with E-state index in [1.165, 1.54) is 13.2 Å². The second-order valence-corrected chi connectivity index (χ2v) is 7.34. The molecule has 1 amide bonds. The monoisotopic (exact) mass is 392 g/mol. The van der Waals surface area contributed by atoms with Crippen LogP contribution in [0.3, 0.4) is 0 Å². The fraction of sp³-hybridized carbons (Fsp3) is 0.550. The molecule has 0 aliphatic carbocycles. The Hall–Kier alpha value is -2.45. The molecule has 0 aromatic heterocycles. The number of benzene rings is 1. The van der Waals surface area contributed by atoms with Crippen LogP contribution in [0.5, 0.6) is 0 Å². The predicted molar refractivity (Wildman–Crippen MR) is 99.3 cm³/mol. The van der Waals surface area contributed by atoms with Crippen LogP contribution in [0.2, 0.25) is 0 Å². The Morgan fingerprint density at radius 2 is 2.04 bits per heavy atom. The number of esters is 1. The zero-order valence-electron chi connectivity index (χ0n) is 16.5. The van der Waals surface area contributed by atoms with E-state index in [4.69, 9.17) is 9.47 Å². The number of nitrogens with two attached hydrogens (primary N) is 1. The van der Waals surface area contributed by atoms with Crippen molar-refractivity contribution in [3.63, 3.8) is 0 Å². The van der Waals surface area contributed by atoms with E-state index in [1.807, 2.05) is 0 Å². The van der Waals surface area contributed by atoms with Gasteiger partial charge in [0.15, 0.2) is 6.04 Å². The van der Waals surface area contributed by atoms with Gasteiger partial charge in [0.05, 0.1) is 37.1 Å². The van der Waals surface area contributed by atoms with E-state index in [1.54, 1.807) is 23.5 Å². The predicted octanol–water partition coefficient (Wildman–Crippen LogP) is -0.313. The maximum absolute atomic E-state index is 12.8. The number of carbonyl (C=O) groups excluding carboxylic acids is 3. The van der Waals surface area contributed by atoms with Crippen molar-refractivity contribution in [2.75, 3.05) is 19.0 Å². The molecule has 28 heavy (non-hydrogen) atoms. The van der Waals surface area contributed by atoms with Crippen molar-refractivity contribution in [1.29, 1.82) is 0 Å². The number of hydrogen-bond acceptors (Lipinski definition) is 6. The number of amides is 1. The van der Waals surface area contributed by atoms with Crippen LogP contribution in [-0.2, 0) is 19.1 Å². The first-order valence-electron chi connectivity index (χ1n) is 9.46. The van der Waals surface area contributed by atoms with Crippen LogP contribution in [-0.4, -0.2) is 49.8 Å². The van der Waals surface area contributed by atoms with E-state index in [-0.39, 0.29) is 23.4 Å². The first kappa shape index (κ1) is 21.8. The molecular weight excluding hydrogens is 364 g/mol. The van der Waals surface area contributed by atoms with E-state index < -0.39 is 30.3 Å². The molecule has 3 N–H and O–H groups in total. The number of methoxy groups -OCH3 is 1. The van der Waals surface area contributed by atoms with Crippen molar-refractivity contribution in [1.82, 2.24) is 0 Å². The third kappa shape index (κ3) is 6.03. The Kier molecular flexibility index (Phi) is 7.95. The zero-order valence-corrected chi connectivity index (χ0v) is 16.5. The average molecular weight is 392 g/mol. The number of para-hydroxylation sites is 1. The van der Waals surface area contributed by atoms with Gasteiger partial charge < -0.3 is 30.0 Å². The Balaban J connectivity index is 2.11. The lowest BCUT2D eigenvalue weighted by Gasteiger charge is -2.32. The Morgan fingerprint density at radius 3 is 2.68 bits per heavy atom. The van der Waals surface area contributed by atoms with Gasteiger partial charge >= 0.3 is 5.97 Å². The summed E-state index contributed by atoms with van der Waals surface area (Å²) in [6, 6.07) is 5.64. The molecule has 0 radical (unpaired) electrons. The van der Waals surface area contributed by atoms with Crippen molar-refractivity contribution in [3.05, 3.63) is 29.8 Å². The molecule has 1 aliphatic heterocycles. The molecule has 1 aromatic rings. The van der Waals surface area contributed by atoms with Crippen molar-refractivity contribution >= 4 is 23.5 Å². The standard InChI is InChI=1S/C20H28N2O6/c1-12(2)17-10-13(8-9-28-17)21-16(11-18(23)24)19(25)22-15-7-5-4-6-14(15)20(26)27-3/h4-7,12-13,16-17,21H,8-11H2,1-3H3,(H,22,25)(H,23,24)/t13-,16-,17+/m0/s1. The summed E-state index contributed by atoms with van der Waals surface area (Å²) in [5.41, 5.74) is 0.486. The van der Waals surface area contributed by atoms with Gasteiger partial charge in [0, 0.05) is 25.2 Å². The van der Waals surface area contributed by atoms with Crippen LogP contribution < -0.4 is 15.7 Å². The summed E-state index contributed by atoms with van der Waals surface area (Å²) in [4.78, 5) is 35.9. The highest BCUT2D eigenvalue weighted by molar-refractivity contribution is 6.02. The molecular formula is C20H28N2O6. The van der Waals surface area contributed by atoms with Crippen LogP contribution in [0.1, 0.15) is 43.5 Å². The van der Waals surface area contributed by atoms with Crippen molar-refractivity contribution in [2.24, 2.45) is 5.92 Å². The van der Waals surface area contributed by atoms with Gasteiger partial charge in [-0.3, -0.25) is 4.79 Å². The number of nitrogens with one attached hydrogen (secondary N) is 1. The minimum absolute atomic E-state index is 0.0760. The summed E-state index contributed by atoms with van der Waals surface area (Å²) in [6.45, 7) is 4.72. The van der Waals surface area contributed by atoms with Gasteiger partial charge in [-0.25, -0.2) is 4.79 Å². The highest BCUT2D eigenvalue weighted by Gasteiger charge is 2.32. The lowest BCUT2D eigenvalue weighted by atomic mass is 9.94. The maximum atomic E-state index is 12.8. The van der Waals surface area contributed by atoms with Crippen LogP contribution in [0.15, 0.2) is 24.3 Å². The van der Waals surface area contributed by atoms with Gasteiger partial charge in [-0.2, -0.15) is 0 Å². The Labute approximate surface area is 164 Å². The molecule has 0 saturated carbocycles. The number of aliphatic carboxylic acids is 1. The van der Waals surface area contributed by atoms with Gasteiger partial charge in [-0.05, 0) is 18.1 Å². The quantitative estimate of drug-likeness (QED) is 0.585. The number of ether oxygens (including phenoxy) is 2. The normalized spacial score (nSPS) is 20.4. The Morgan fingerprint density at radius 1 is 1.32 bits per heavy atom. The van der Waals surface area contributed by atoms with Gasteiger partial charge in [-0.1, -0.05) is 26.0 Å². The second kappa shape index (κ2) is 10.2. The average Bonchev–Trinajstić information content (AvgIpc) is 2.67. The van der Waals surface area contributed by atoms with E-state index in [2.05, 4.69) is 19.2 Å². The lowest BCUT2D eigenvalue weighted by molar-refractivity contribution is -0.713. The summed E-state index contributed by atoms with van der Waals surface area (Å²) >= 11 is 0. The molecule has 8 nitrogen and oxygen atoms in total. The Bertz CT molecular complexity index is 706. The largest absolute Gasteiger partial charge is 0.550 e. The van der Waals surface area contributed by atoms with E-state index in [9.17, 15) is 19.5 Å². The fourth-order valence-electron chi connectivity index (χ4n) is 3.36. The van der Waals surface area contributed by atoms with E-state index in [0.717, 1.165) is 12.8 Å². The maximum Gasteiger partial charge on any atom is 0.339 e. The first-order valence-corrected chi connectivity index (χ1v) is 9.46. The number of hydrogen-bond donors (Lipinski definition) is 2. The number of quaternary nitrogens is 1. The van der Waals surface area contributed by atoms with Crippen LogP contribution in [0.4, 0.5) is 5.69 Å². The van der Waals surface area contributed by atoms with Crippen molar-refractivity contribution < 1.29 is 34.3 Å². The number of carboxylic acids is 1. The van der Waals surface area contributed by atoms with Crippen LogP contribution in [0, 0.1) is 5.92 Å². The molecule has 1 heterocycles. The van der Waals surface area contributed by atoms with E-state index in [0.29, 0.717) is 12.5 Å². The third-order valence-corrected chi connectivity index (χ3v) is 4.92. The smallest absolute Gasteiger partial charge is 0.339 e. The number of rotatable bonds is 8. The summed E-state index contributed by atoms with van der Waals surface area (Å²) in [5, 5.41) is 15.6. The van der Waals surface area contributed by atoms with E-state index >= 15 is 0 Å². The number of carbonyl (C=O) groups is 3. The summed E-state index contributed by atoms with van der Waals surface area (Å²) in [5.74, 6) is -2.03. The lowest BCUT2D eigenvalue weighted by Crippen LogP contribution is -2.98. The summed E-state index contributed by atoms with van der Waals surface area (Å²) in [7, 11) is 1.25. The molecule has 0 bridgehead atoms.